The van der Waals surface area contributed by atoms with Crippen LogP contribution in [0.2, 0.25) is 0 Å². The highest BCUT2D eigenvalue weighted by Gasteiger charge is 2.25. The molecule has 3 N–H and O–H groups in total. The fourth-order valence-electron chi connectivity index (χ4n) is 3.79. The molecule has 4 heterocycles. The predicted octanol–water partition coefficient (Wildman–Crippen LogP) is 2.64. The fraction of sp³-hybridized carbons (Fsp3) is 0.350. The van der Waals surface area contributed by atoms with Crippen LogP contribution < -0.4 is 10.2 Å². The van der Waals surface area contributed by atoms with Gasteiger partial charge in [-0.2, -0.15) is 24.7 Å². The van der Waals surface area contributed by atoms with Gasteiger partial charge in [0.15, 0.2) is 11.5 Å². The van der Waals surface area contributed by atoms with Gasteiger partial charge < -0.3 is 15.3 Å². The van der Waals surface area contributed by atoms with E-state index in [4.69, 9.17) is 9.97 Å². The minimum absolute atomic E-state index is 0.0217. The van der Waals surface area contributed by atoms with Crippen molar-refractivity contribution in [1.29, 1.82) is 0 Å². The zero-order chi connectivity index (χ0) is 21.2. The molecule has 1 aromatic carbocycles. The Morgan fingerprint density at radius 2 is 2.03 bits per heavy atom. The normalized spacial score (nSPS) is 16.7. The van der Waals surface area contributed by atoms with E-state index in [9.17, 15) is 5.11 Å². The van der Waals surface area contributed by atoms with Crippen molar-refractivity contribution in [2.24, 2.45) is 0 Å². The van der Waals surface area contributed by atoms with Crippen LogP contribution in [0.3, 0.4) is 0 Å². The van der Waals surface area contributed by atoms with E-state index in [2.05, 4.69) is 46.4 Å². The van der Waals surface area contributed by atoms with Crippen molar-refractivity contribution in [2.45, 2.75) is 31.8 Å². The molecule has 1 aliphatic rings. The van der Waals surface area contributed by atoms with Gasteiger partial charge in [0.2, 0.25) is 11.9 Å². The van der Waals surface area contributed by atoms with Gasteiger partial charge in [0.05, 0.1) is 29.9 Å². The van der Waals surface area contributed by atoms with Crippen LogP contribution in [0.4, 0.5) is 11.9 Å². The van der Waals surface area contributed by atoms with Gasteiger partial charge in [-0.25, -0.2) is 4.98 Å². The zero-order valence-corrected chi connectivity index (χ0v) is 18.3. The number of H-pyrrole nitrogens is 1. The molecule has 11 heteroatoms. The van der Waals surface area contributed by atoms with Crippen molar-refractivity contribution in [3.05, 3.63) is 46.8 Å². The Bertz CT molecular complexity index is 1180. The van der Waals surface area contributed by atoms with Gasteiger partial charge in [0, 0.05) is 12.1 Å². The summed E-state index contributed by atoms with van der Waals surface area (Å²) < 4.78 is 2.43. The molecule has 1 saturated heterocycles. The summed E-state index contributed by atoms with van der Waals surface area (Å²) in [6.45, 7) is 1.29. The number of hydrogen-bond donors (Lipinski definition) is 3. The smallest absolute Gasteiger partial charge is 0.231 e. The summed E-state index contributed by atoms with van der Waals surface area (Å²) >= 11 is 3.52. The van der Waals surface area contributed by atoms with Gasteiger partial charge in [-0.15, -0.1) is 0 Å². The van der Waals surface area contributed by atoms with E-state index in [-0.39, 0.29) is 12.6 Å². The number of nitrogens with one attached hydrogen (secondary N) is 2. The first-order chi connectivity index (χ1) is 15.2. The molecule has 1 aliphatic heterocycles. The minimum atomic E-state index is 0.0217. The first-order valence-electron chi connectivity index (χ1n) is 10.2. The van der Waals surface area contributed by atoms with E-state index < -0.39 is 0 Å². The molecule has 160 valence electrons. The molecular formula is C20H22BrN9O. The number of aliphatic hydroxyl groups excluding tert-OH is 1. The second kappa shape index (κ2) is 8.60. The SMILES string of the molecule is OC[C@H]1CCCCN1c1nc(NCc2nc(-c3ccccc3)n[nH]2)n2ncc(Br)c2n1. The largest absolute Gasteiger partial charge is 0.394 e. The summed E-state index contributed by atoms with van der Waals surface area (Å²) in [4.78, 5) is 16.1. The van der Waals surface area contributed by atoms with Crippen LogP contribution in [0.5, 0.6) is 0 Å². The van der Waals surface area contributed by atoms with E-state index in [0.717, 1.165) is 35.8 Å². The molecule has 0 spiro atoms. The van der Waals surface area contributed by atoms with Crippen LogP contribution in [-0.4, -0.2) is 59.1 Å². The molecule has 4 aromatic rings. The molecule has 5 rings (SSSR count). The van der Waals surface area contributed by atoms with E-state index in [0.29, 0.717) is 35.7 Å². The minimum Gasteiger partial charge on any atom is -0.394 e. The van der Waals surface area contributed by atoms with E-state index in [1.807, 2.05) is 30.3 Å². The molecule has 0 radical (unpaired) electrons. The average molecular weight is 484 g/mol. The lowest BCUT2D eigenvalue weighted by atomic mass is 10.0. The molecule has 10 nitrogen and oxygen atoms in total. The molecule has 0 amide bonds. The number of fused-ring (bicyclic) bond motifs is 1. The van der Waals surface area contributed by atoms with Crippen LogP contribution in [0, 0.1) is 0 Å². The van der Waals surface area contributed by atoms with E-state index in [1.165, 1.54) is 0 Å². The third-order valence-corrected chi connectivity index (χ3v) is 5.95. The van der Waals surface area contributed by atoms with Gasteiger partial charge in [-0.3, -0.25) is 5.10 Å². The Labute approximate surface area is 186 Å². The molecule has 31 heavy (non-hydrogen) atoms. The lowest BCUT2D eigenvalue weighted by Gasteiger charge is -2.34. The number of rotatable bonds is 6. The molecule has 0 unspecified atom stereocenters. The monoisotopic (exact) mass is 483 g/mol. The van der Waals surface area contributed by atoms with Crippen LogP contribution in [-0.2, 0) is 6.54 Å². The second-order valence-electron chi connectivity index (χ2n) is 7.43. The standard InChI is InChI=1S/C20H22BrN9O/c21-15-10-23-30-18(15)25-20(29-9-5-4-8-14(29)12-31)26-19(30)22-11-16-24-17(28-27-16)13-6-2-1-3-7-13/h1-3,6-7,10,14,31H,4-5,8-9,11-12H2,(H,22,25,26)(H,24,27,28)/t14-/m1/s1. The summed E-state index contributed by atoms with van der Waals surface area (Å²) in [7, 11) is 0. The summed E-state index contributed by atoms with van der Waals surface area (Å²) in [6, 6.07) is 9.84. The number of piperidine rings is 1. The highest BCUT2D eigenvalue weighted by atomic mass is 79.9. The number of halogens is 1. The number of aliphatic hydroxyl groups is 1. The lowest BCUT2D eigenvalue weighted by molar-refractivity contribution is 0.239. The van der Waals surface area contributed by atoms with Crippen molar-refractivity contribution < 1.29 is 5.11 Å². The number of aromatic amines is 1. The van der Waals surface area contributed by atoms with Crippen molar-refractivity contribution >= 4 is 33.5 Å². The fourth-order valence-corrected chi connectivity index (χ4v) is 4.14. The van der Waals surface area contributed by atoms with Gasteiger partial charge in [-0.1, -0.05) is 30.3 Å². The Morgan fingerprint density at radius 1 is 1.16 bits per heavy atom. The Morgan fingerprint density at radius 3 is 2.87 bits per heavy atom. The van der Waals surface area contributed by atoms with Crippen LogP contribution in [0.25, 0.3) is 17.0 Å². The quantitative estimate of drug-likeness (QED) is 0.382. The number of benzene rings is 1. The molecule has 3 aromatic heterocycles. The summed E-state index contributed by atoms with van der Waals surface area (Å²) in [6.07, 6.45) is 4.77. The Kier molecular flexibility index (Phi) is 5.51. The first kappa shape index (κ1) is 19.9. The number of aromatic nitrogens is 7. The number of hydrogen-bond acceptors (Lipinski definition) is 8. The topological polar surface area (TPSA) is 120 Å². The predicted molar refractivity (Wildman–Crippen MR) is 120 cm³/mol. The molecule has 0 aliphatic carbocycles. The van der Waals surface area contributed by atoms with Crippen LogP contribution >= 0.6 is 15.9 Å². The van der Waals surface area contributed by atoms with Crippen molar-refractivity contribution in [2.75, 3.05) is 23.4 Å². The Balaban J connectivity index is 1.42. The van der Waals surface area contributed by atoms with Gasteiger partial charge in [0.25, 0.3) is 0 Å². The maximum atomic E-state index is 9.81. The average Bonchev–Trinajstić information content (AvgIpc) is 3.45. The summed E-state index contributed by atoms with van der Waals surface area (Å²) in [5.74, 6) is 2.46. The van der Waals surface area contributed by atoms with Crippen molar-refractivity contribution in [3.8, 4) is 11.4 Å². The zero-order valence-electron chi connectivity index (χ0n) is 16.7. The van der Waals surface area contributed by atoms with E-state index >= 15 is 0 Å². The first-order valence-corrected chi connectivity index (χ1v) is 11.0. The lowest BCUT2D eigenvalue weighted by Crippen LogP contribution is -2.43. The van der Waals surface area contributed by atoms with Crippen LogP contribution in [0.15, 0.2) is 41.0 Å². The molecule has 0 saturated carbocycles. The molecule has 1 atom stereocenters. The van der Waals surface area contributed by atoms with Gasteiger partial charge in [-0.05, 0) is 35.2 Å². The van der Waals surface area contributed by atoms with Crippen molar-refractivity contribution in [1.82, 2.24) is 34.8 Å². The van der Waals surface area contributed by atoms with Gasteiger partial charge >= 0.3 is 0 Å². The van der Waals surface area contributed by atoms with Crippen LogP contribution in [0.1, 0.15) is 25.1 Å². The molecular weight excluding hydrogens is 462 g/mol. The summed E-state index contributed by atoms with van der Waals surface area (Å²) in [5.41, 5.74) is 1.62. The molecule has 0 bridgehead atoms. The Hall–Kier alpha value is -3.05. The van der Waals surface area contributed by atoms with Gasteiger partial charge in [0.1, 0.15) is 5.82 Å². The van der Waals surface area contributed by atoms with E-state index in [1.54, 1.807) is 10.7 Å². The van der Waals surface area contributed by atoms with Crippen molar-refractivity contribution in [3.63, 3.8) is 0 Å². The highest BCUT2D eigenvalue weighted by molar-refractivity contribution is 9.10. The summed E-state index contributed by atoms with van der Waals surface area (Å²) in [5, 5.41) is 24.8. The molecule has 1 fully saturated rings. The maximum Gasteiger partial charge on any atom is 0.231 e. The maximum absolute atomic E-state index is 9.81. The highest BCUT2D eigenvalue weighted by Crippen LogP contribution is 2.26. The number of nitrogens with zero attached hydrogens (tertiary/aromatic N) is 7. The number of anilines is 2. The second-order valence-corrected chi connectivity index (χ2v) is 8.28. The third-order valence-electron chi connectivity index (χ3n) is 5.39. The third kappa shape index (κ3) is 3.98.